The van der Waals surface area contributed by atoms with Crippen molar-refractivity contribution in [3.63, 3.8) is 0 Å². The van der Waals surface area contributed by atoms with Crippen LogP contribution >= 0.6 is 11.8 Å². The molecule has 2 aromatic heterocycles. The number of fused-ring (bicyclic) bond motifs is 2. The van der Waals surface area contributed by atoms with Gasteiger partial charge in [0.25, 0.3) is 0 Å². The fraction of sp³-hybridized carbons (Fsp3) is 0.217. The maximum Gasteiger partial charge on any atom is 0.237 e. The molecule has 8 heteroatoms. The van der Waals surface area contributed by atoms with Gasteiger partial charge in [0.1, 0.15) is 17.1 Å². The van der Waals surface area contributed by atoms with Gasteiger partial charge < -0.3 is 9.64 Å². The molecule has 2 aromatic carbocycles. The van der Waals surface area contributed by atoms with Crippen molar-refractivity contribution < 1.29 is 9.53 Å². The number of thioether (sulfide) groups is 1. The number of amides is 1. The van der Waals surface area contributed by atoms with Crippen LogP contribution in [0, 0.1) is 0 Å². The summed E-state index contributed by atoms with van der Waals surface area (Å²) in [5, 5.41) is 6.08. The number of nitrogens with zero attached hydrogens (tertiary/aromatic N) is 5. The number of para-hydroxylation sites is 1. The predicted octanol–water partition coefficient (Wildman–Crippen LogP) is 3.90. The van der Waals surface area contributed by atoms with E-state index in [1.54, 1.807) is 18.0 Å². The zero-order valence-electron chi connectivity index (χ0n) is 17.1. The van der Waals surface area contributed by atoms with Crippen LogP contribution in [0.15, 0.2) is 66.1 Å². The molecule has 0 saturated heterocycles. The standard InChI is InChI=1S/C23H21N5O2S/c1-30-18-10-8-17(9-11-18)28-22-19(13-26-28)23(25-15-24-22)31-14-21(29)27-12-4-6-16-5-2-3-7-20(16)27/h2-3,5,7-11,13,15H,4,6,12,14H2,1H3. The number of rotatable bonds is 5. The number of aryl methyl sites for hydroxylation is 1. The molecule has 3 heterocycles. The number of carbonyl (C=O) groups is 1. The highest BCUT2D eigenvalue weighted by Gasteiger charge is 2.22. The van der Waals surface area contributed by atoms with Crippen molar-refractivity contribution in [1.29, 1.82) is 0 Å². The Morgan fingerprint density at radius 1 is 1.13 bits per heavy atom. The Hall–Kier alpha value is -3.39. The zero-order chi connectivity index (χ0) is 21.2. The topological polar surface area (TPSA) is 73.1 Å². The quantitative estimate of drug-likeness (QED) is 0.353. The maximum absolute atomic E-state index is 13.0. The fourth-order valence-corrected chi connectivity index (χ4v) is 4.69. The summed E-state index contributed by atoms with van der Waals surface area (Å²) >= 11 is 1.43. The molecule has 1 aliphatic rings. The molecule has 4 aromatic rings. The van der Waals surface area contributed by atoms with Crippen LogP contribution in [0.3, 0.4) is 0 Å². The number of ether oxygens (including phenoxy) is 1. The summed E-state index contributed by atoms with van der Waals surface area (Å²) in [6.07, 6.45) is 5.28. The van der Waals surface area contributed by atoms with Gasteiger partial charge in [-0.25, -0.2) is 14.6 Å². The Morgan fingerprint density at radius 2 is 1.97 bits per heavy atom. The second-order valence-electron chi connectivity index (χ2n) is 7.24. The summed E-state index contributed by atoms with van der Waals surface area (Å²) in [4.78, 5) is 23.7. The van der Waals surface area contributed by atoms with Gasteiger partial charge in [0.05, 0.1) is 30.1 Å². The first-order chi connectivity index (χ1) is 15.2. The van der Waals surface area contributed by atoms with Crippen LogP contribution < -0.4 is 9.64 Å². The van der Waals surface area contributed by atoms with Crippen molar-refractivity contribution in [2.45, 2.75) is 17.9 Å². The minimum absolute atomic E-state index is 0.0893. The summed E-state index contributed by atoms with van der Waals surface area (Å²) in [6.45, 7) is 0.755. The molecule has 156 valence electrons. The first kappa shape index (κ1) is 19.6. The van der Waals surface area contributed by atoms with Crippen molar-refractivity contribution in [1.82, 2.24) is 19.7 Å². The first-order valence-corrected chi connectivity index (χ1v) is 11.1. The number of hydrogen-bond donors (Lipinski definition) is 0. The normalized spacial score (nSPS) is 13.3. The van der Waals surface area contributed by atoms with Gasteiger partial charge in [0.2, 0.25) is 5.91 Å². The third-order valence-electron chi connectivity index (χ3n) is 5.39. The van der Waals surface area contributed by atoms with E-state index in [0.717, 1.165) is 46.9 Å². The van der Waals surface area contributed by atoms with E-state index in [-0.39, 0.29) is 5.91 Å². The Morgan fingerprint density at radius 3 is 2.81 bits per heavy atom. The molecule has 0 aliphatic carbocycles. The molecule has 1 amide bonds. The van der Waals surface area contributed by atoms with E-state index < -0.39 is 0 Å². The number of hydrogen-bond acceptors (Lipinski definition) is 6. The van der Waals surface area contributed by atoms with Crippen LogP contribution in [0.5, 0.6) is 5.75 Å². The minimum atomic E-state index is 0.0893. The average molecular weight is 432 g/mol. The maximum atomic E-state index is 13.0. The van der Waals surface area contributed by atoms with Crippen molar-refractivity contribution in [3.05, 3.63) is 66.6 Å². The predicted molar refractivity (Wildman–Crippen MR) is 121 cm³/mol. The highest BCUT2D eigenvalue weighted by molar-refractivity contribution is 8.00. The van der Waals surface area contributed by atoms with Crippen molar-refractivity contribution in [3.8, 4) is 11.4 Å². The molecule has 0 fully saturated rings. The van der Waals surface area contributed by atoms with Gasteiger partial charge in [-0.2, -0.15) is 5.10 Å². The summed E-state index contributed by atoms with van der Waals surface area (Å²) in [7, 11) is 1.64. The Labute approximate surface area is 184 Å². The van der Waals surface area contributed by atoms with Crippen LogP contribution in [0.25, 0.3) is 16.7 Å². The lowest BCUT2D eigenvalue weighted by Gasteiger charge is -2.29. The van der Waals surface area contributed by atoms with Crippen LogP contribution in [0.1, 0.15) is 12.0 Å². The molecular weight excluding hydrogens is 410 g/mol. The van der Waals surface area contributed by atoms with Crippen molar-refractivity contribution >= 4 is 34.4 Å². The number of carbonyl (C=O) groups excluding carboxylic acids is 1. The van der Waals surface area contributed by atoms with Gasteiger partial charge in [-0.3, -0.25) is 4.79 Å². The number of anilines is 1. The third kappa shape index (κ3) is 3.74. The molecule has 0 bridgehead atoms. The summed E-state index contributed by atoms with van der Waals surface area (Å²) in [5.74, 6) is 1.18. The number of methoxy groups -OCH3 is 1. The second-order valence-corrected chi connectivity index (χ2v) is 8.20. The van der Waals surface area contributed by atoms with Gasteiger partial charge in [-0.05, 0) is 48.7 Å². The van der Waals surface area contributed by atoms with Crippen LogP contribution in [-0.2, 0) is 11.2 Å². The van der Waals surface area contributed by atoms with Gasteiger partial charge in [0, 0.05) is 12.2 Å². The first-order valence-electron chi connectivity index (χ1n) is 10.1. The Kier molecular flexibility index (Phi) is 5.30. The SMILES string of the molecule is COc1ccc(-n2ncc3c(SCC(=O)N4CCCc5ccccc54)ncnc32)cc1. The van der Waals surface area contributed by atoms with Crippen LogP contribution in [-0.4, -0.2) is 45.1 Å². The van der Waals surface area contributed by atoms with E-state index in [9.17, 15) is 4.79 Å². The molecule has 1 aliphatic heterocycles. The highest BCUT2D eigenvalue weighted by atomic mass is 32.2. The van der Waals surface area contributed by atoms with Crippen molar-refractivity contribution in [2.75, 3.05) is 24.3 Å². The summed E-state index contributed by atoms with van der Waals surface area (Å²) in [6, 6.07) is 15.8. The van der Waals surface area contributed by atoms with E-state index in [1.807, 2.05) is 47.4 Å². The van der Waals surface area contributed by atoms with Crippen molar-refractivity contribution in [2.24, 2.45) is 0 Å². The average Bonchev–Trinajstić information content (AvgIpc) is 3.27. The minimum Gasteiger partial charge on any atom is -0.497 e. The van der Waals surface area contributed by atoms with E-state index in [0.29, 0.717) is 11.4 Å². The second kappa shape index (κ2) is 8.39. The molecule has 31 heavy (non-hydrogen) atoms. The molecule has 0 unspecified atom stereocenters. The molecule has 5 rings (SSSR count). The Balaban J connectivity index is 1.37. The van der Waals surface area contributed by atoms with Gasteiger partial charge in [-0.1, -0.05) is 30.0 Å². The molecule has 0 atom stereocenters. The zero-order valence-corrected chi connectivity index (χ0v) is 17.9. The van der Waals surface area contributed by atoms with Gasteiger partial charge in [-0.15, -0.1) is 0 Å². The van der Waals surface area contributed by atoms with E-state index >= 15 is 0 Å². The molecular formula is C23H21N5O2S. The van der Waals surface area contributed by atoms with Gasteiger partial charge >= 0.3 is 0 Å². The van der Waals surface area contributed by atoms with Gasteiger partial charge in [0.15, 0.2) is 5.65 Å². The highest BCUT2D eigenvalue weighted by Crippen LogP contribution is 2.30. The molecule has 0 spiro atoms. The largest absolute Gasteiger partial charge is 0.497 e. The molecule has 0 radical (unpaired) electrons. The number of aromatic nitrogens is 4. The fourth-order valence-electron chi connectivity index (χ4n) is 3.85. The lowest BCUT2D eigenvalue weighted by molar-refractivity contribution is -0.116. The smallest absolute Gasteiger partial charge is 0.237 e. The van der Waals surface area contributed by atoms with E-state index in [4.69, 9.17) is 4.74 Å². The Bertz CT molecular complexity index is 1240. The summed E-state index contributed by atoms with van der Waals surface area (Å²) < 4.78 is 6.99. The number of benzene rings is 2. The van der Waals surface area contributed by atoms with E-state index in [1.165, 1.54) is 23.7 Å². The summed E-state index contributed by atoms with van der Waals surface area (Å²) in [5.41, 5.74) is 3.85. The van der Waals surface area contributed by atoms with Crippen LogP contribution in [0.4, 0.5) is 5.69 Å². The third-order valence-corrected chi connectivity index (χ3v) is 6.38. The molecule has 7 nitrogen and oxygen atoms in total. The lowest BCUT2D eigenvalue weighted by Crippen LogP contribution is -2.36. The molecule has 0 N–H and O–H groups in total. The van der Waals surface area contributed by atoms with Crippen LogP contribution in [0.2, 0.25) is 0 Å². The molecule has 0 saturated carbocycles. The lowest BCUT2D eigenvalue weighted by atomic mass is 10.0. The van der Waals surface area contributed by atoms with E-state index in [2.05, 4.69) is 21.1 Å². The monoisotopic (exact) mass is 431 g/mol.